The first-order valence-corrected chi connectivity index (χ1v) is 6.50. The Morgan fingerprint density at radius 2 is 2.00 bits per heavy atom. The molecule has 0 aliphatic heterocycles. The maximum absolute atomic E-state index is 9.41. The molecule has 1 atom stereocenters. The van der Waals surface area contributed by atoms with Gasteiger partial charge in [0.05, 0.1) is 18.8 Å². The molecule has 0 bridgehead atoms. The highest BCUT2D eigenvalue weighted by molar-refractivity contribution is 5.16. The second-order valence-electron chi connectivity index (χ2n) is 4.70. The maximum Gasteiger partial charge on any atom is 0.208 e. The van der Waals surface area contributed by atoms with Crippen molar-refractivity contribution in [3.8, 4) is 0 Å². The molecule has 4 heteroatoms. The summed E-state index contributed by atoms with van der Waals surface area (Å²) in [7, 11) is 0. The van der Waals surface area contributed by atoms with Crippen LogP contribution in [0.1, 0.15) is 22.9 Å². The van der Waals surface area contributed by atoms with Crippen molar-refractivity contribution in [3.05, 3.63) is 53.2 Å². The molecule has 0 saturated carbocycles. The number of nitrogens with zero attached hydrogens (tertiary/aromatic N) is 1. The Hall–Kier alpha value is -1.65. The number of aromatic nitrogens is 1. The normalized spacial score (nSPS) is 12.6. The Morgan fingerprint density at radius 3 is 2.58 bits per heavy atom. The summed E-state index contributed by atoms with van der Waals surface area (Å²) in [5.41, 5.74) is 2.12. The van der Waals surface area contributed by atoms with Crippen LogP contribution < -0.4 is 5.32 Å². The summed E-state index contributed by atoms with van der Waals surface area (Å²) < 4.78 is 5.50. The van der Waals surface area contributed by atoms with Gasteiger partial charge in [0.1, 0.15) is 5.76 Å². The molecule has 4 nitrogen and oxygen atoms in total. The highest BCUT2D eigenvalue weighted by Crippen LogP contribution is 2.09. The standard InChI is InChI=1S/C15H20N2O2/c1-11-12(2)19-15(17-11)9-16-14(10-18)8-13-6-4-3-5-7-13/h3-7,14,16,18H,8-10H2,1-2H3. The van der Waals surface area contributed by atoms with Crippen molar-refractivity contribution >= 4 is 0 Å². The van der Waals surface area contributed by atoms with Gasteiger partial charge in [-0.15, -0.1) is 0 Å². The average molecular weight is 260 g/mol. The first kappa shape index (κ1) is 13.8. The number of rotatable bonds is 6. The van der Waals surface area contributed by atoms with Crippen LogP contribution in [0.2, 0.25) is 0 Å². The summed E-state index contributed by atoms with van der Waals surface area (Å²) in [4.78, 5) is 4.31. The second-order valence-corrected chi connectivity index (χ2v) is 4.70. The zero-order chi connectivity index (χ0) is 13.7. The van der Waals surface area contributed by atoms with Gasteiger partial charge in [0, 0.05) is 6.04 Å². The summed E-state index contributed by atoms with van der Waals surface area (Å²) in [5, 5.41) is 12.7. The monoisotopic (exact) mass is 260 g/mol. The molecule has 0 saturated heterocycles. The molecular formula is C15H20N2O2. The van der Waals surface area contributed by atoms with E-state index < -0.39 is 0 Å². The minimum atomic E-state index is 0.00918. The van der Waals surface area contributed by atoms with Gasteiger partial charge < -0.3 is 14.8 Å². The number of oxazole rings is 1. The van der Waals surface area contributed by atoms with Crippen LogP contribution in [0.3, 0.4) is 0 Å². The molecule has 0 amide bonds. The summed E-state index contributed by atoms with van der Waals surface area (Å²) in [6.07, 6.45) is 0.788. The van der Waals surface area contributed by atoms with Crippen molar-refractivity contribution in [2.45, 2.75) is 32.9 Å². The lowest BCUT2D eigenvalue weighted by Gasteiger charge is -2.15. The van der Waals surface area contributed by atoms with Crippen LogP contribution in [0.25, 0.3) is 0 Å². The van der Waals surface area contributed by atoms with Gasteiger partial charge in [-0.25, -0.2) is 4.98 Å². The third kappa shape index (κ3) is 3.91. The van der Waals surface area contributed by atoms with Gasteiger partial charge in [0.25, 0.3) is 0 Å². The van der Waals surface area contributed by atoms with E-state index >= 15 is 0 Å². The Bertz CT molecular complexity index is 489. The quantitative estimate of drug-likeness (QED) is 0.834. The highest BCUT2D eigenvalue weighted by Gasteiger charge is 2.10. The van der Waals surface area contributed by atoms with E-state index in [0.717, 1.165) is 17.9 Å². The summed E-state index contributed by atoms with van der Waals surface area (Å²) in [6.45, 7) is 4.45. The van der Waals surface area contributed by atoms with Gasteiger partial charge in [-0.3, -0.25) is 0 Å². The second kappa shape index (κ2) is 6.50. The molecule has 102 valence electrons. The molecule has 19 heavy (non-hydrogen) atoms. The van der Waals surface area contributed by atoms with E-state index in [1.54, 1.807) is 0 Å². The maximum atomic E-state index is 9.41. The van der Waals surface area contributed by atoms with Crippen LogP contribution in [-0.4, -0.2) is 22.7 Å². The predicted octanol–water partition coefficient (Wildman–Crippen LogP) is 1.98. The summed E-state index contributed by atoms with van der Waals surface area (Å²) in [6, 6.07) is 10.1. The molecule has 0 spiro atoms. The number of benzene rings is 1. The molecular weight excluding hydrogens is 240 g/mol. The molecule has 1 unspecified atom stereocenters. The van der Waals surface area contributed by atoms with E-state index in [1.807, 2.05) is 32.0 Å². The molecule has 0 fully saturated rings. The van der Waals surface area contributed by atoms with Gasteiger partial charge in [-0.05, 0) is 25.8 Å². The SMILES string of the molecule is Cc1nc(CNC(CO)Cc2ccccc2)oc1C. The molecule has 1 heterocycles. The smallest absolute Gasteiger partial charge is 0.208 e. The van der Waals surface area contributed by atoms with Gasteiger partial charge in [0.2, 0.25) is 5.89 Å². The fourth-order valence-corrected chi connectivity index (χ4v) is 1.95. The van der Waals surface area contributed by atoms with Crippen LogP contribution in [0.4, 0.5) is 0 Å². The molecule has 2 aromatic rings. The van der Waals surface area contributed by atoms with Crippen LogP contribution in [0, 0.1) is 13.8 Å². The van der Waals surface area contributed by atoms with Crippen LogP contribution in [-0.2, 0) is 13.0 Å². The lowest BCUT2D eigenvalue weighted by atomic mass is 10.1. The topological polar surface area (TPSA) is 58.3 Å². The van der Waals surface area contributed by atoms with Crippen LogP contribution in [0.15, 0.2) is 34.7 Å². The molecule has 0 aliphatic carbocycles. The van der Waals surface area contributed by atoms with Crippen LogP contribution >= 0.6 is 0 Å². The molecule has 2 N–H and O–H groups in total. The van der Waals surface area contributed by atoms with E-state index in [0.29, 0.717) is 12.4 Å². The third-order valence-electron chi connectivity index (χ3n) is 3.16. The fraction of sp³-hybridized carbons (Fsp3) is 0.400. The van der Waals surface area contributed by atoms with Crippen molar-refractivity contribution < 1.29 is 9.52 Å². The van der Waals surface area contributed by atoms with Gasteiger partial charge in [0.15, 0.2) is 0 Å². The number of nitrogens with one attached hydrogen (secondary N) is 1. The minimum Gasteiger partial charge on any atom is -0.444 e. The van der Waals surface area contributed by atoms with Gasteiger partial charge >= 0.3 is 0 Å². The van der Waals surface area contributed by atoms with E-state index in [4.69, 9.17) is 4.42 Å². The number of aryl methyl sites for hydroxylation is 2. The number of aliphatic hydroxyl groups excluding tert-OH is 1. The fourth-order valence-electron chi connectivity index (χ4n) is 1.95. The van der Waals surface area contributed by atoms with Crippen LogP contribution in [0.5, 0.6) is 0 Å². The molecule has 0 aliphatic rings. The lowest BCUT2D eigenvalue weighted by Crippen LogP contribution is -2.34. The Kier molecular flexibility index (Phi) is 4.71. The number of aliphatic hydroxyl groups is 1. The molecule has 0 radical (unpaired) electrons. The number of hydrogen-bond donors (Lipinski definition) is 2. The third-order valence-corrected chi connectivity index (χ3v) is 3.16. The first-order chi connectivity index (χ1) is 9.19. The molecule has 1 aromatic heterocycles. The summed E-state index contributed by atoms with van der Waals surface area (Å²) in [5.74, 6) is 1.52. The van der Waals surface area contributed by atoms with Gasteiger partial charge in [-0.2, -0.15) is 0 Å². The van der Waals surface area contributed by atoms with Crippen molar-refractivity contribution in [1.82, 2.24) is 10.3 Å². The Labute approximate surface area is 113 Å². The first-order valence-electron chi connectivity index (χ1n) is 6.50. The van der Waals surface area contributed by atoms with Gasteiger partial charge in [-0.1, -0.05) is 30.3 Å². The zero-order valence-corrected chi connectivity index (χ0v) is 11.4. The molecule has 2 rings (SSSR count). The van der Waals surface area contributed by atoms with Crippen molar-refractivity contribution in [2.24, 2.45) is 0 Å². The lowest BCUT2D eigenvalue weighted by molar-refractivity contribution is 0.237. The van der Waals surface area contributed by atoms with E-state index in [9.17, 15) is 5.11 Å². The zero-order valence-electron chi connectivity index (χ0n) is 11.4. The van der Waals surface area contributed by atoms with Crippen molar-refractivity contribution in [2.75, 3.05) is 6.61 Å². The highest BCUT2D eigenvalue weighted by atomic mass is 16.4. The molecule has 1 aromatic carbocycles. The number of hydrogen-bond acceptors (Lipinski definition) is 4. The van der Waals surface area contributed by atoms with Crippen molar-refractivity contribution in [1.29, 1.82) is 0 Å². The largest absolute Gasteiger partial charge is 0.444 e. The summed E-state index contributed by atoms with van der Waals surface area (Å²) >= 11 is 0. The van der Waals surface area contributed by atoms with E-state index in [2.05, 4.69) is 22.4 Å². The van der Waals surface area contributed by atoms with Crippen molar-refractivity contribution in [3.63, 3.8) is 0 Å². The Morgan fingerprint density at radius 1 is 1.26 bits per heavy atom. The Balaban J connectivity index is 1.89. The van der Waals surface area contributed by atoms with E-state index in [-0.39, 0.29) is 12.6 Å². The minimum absolute atomic E-state index is 0.00918. The predicted molar refractivity (Wildman–Crippen MR) is 73.8 cm³/mol. The average Bonchev–Trinajstić information content (AvgIpc) is 2.75. The van der Waals surface area contributed by atoms with E-state index in [1.165, 1.54) is 5.56 Å².